The van der Waals surface area contributed by atoms with Gasteiger partial charge in [0.15, 0.2) is 0 Å². The number of aromatic nitrogens is 2. The van der Waals surface area contributed by atoms with Crippen molar-refractivity contribution in [3.8, 4) is 0 Å². The van der Waals surface area contributed by atoms with Gasteiger partial charge in [0, 0.05) is 69.1 Å². The predicted molar refractivity (Wildman–Crippen MR) is 120 cm³/mol. The molecule has 1 aromatic carbocycles. The topological polar surface area (TPSA) is 61.7 Å². The molecule has 3 amide bonds. The molecule has 166 valence electrons. The van der Waals surface area contributed by atoms with Crippen molar-refractivity contribution in [2.75, 3.05) is 33.7 Å². The maximum atomic E-state index is 13.4. The zero-order chi connectivity index (χ0) is 22.3. The molecule has 4 rings (SSSR count). The summed E-state index contributed by atoms with van der Waals surface area (Å²) in [5, 5.41) is 4.98. The van der Waals surface area contributed by atoms with Crippen molar-refractivity contribution in [3.05, 3.63) is 52.8 Å². The van der Waals surface area contributed by atoms with E-state index in [0.29, 0.717) is 26.2 Å². The lowest BCUT2D eigenvalue weighted by Crippen LogP contribution is -2.55. The lowest BCUT2D eigenvalue weighted by molar-refractivity contribution is 0.0583. The Morgan fingerprint density at radius 3 is 2.45 bits per heavy atom. The van der Waals surface area contributed by atoms with E-state index in [4.69, 9.17) is 5.10 Å². The Labute approximate surface area is 184 Å². The van der Waals surface area contributed by atoms with Crippen LogP contribution >= 0.6 is 0 Å². The van der Waals surface area contributed by atoms with Gasteiger partial charge in [0.2, 0.25) is 0 Å². The van der Waals surface area contributed by atoms with E-state index in [0.717, 1.165) is 35.2 Å². The first-order chi connectivity index (χ1) is 14.7. The summed E-state index contributed by atoms with van der Waals surface area (Å²) in [4.78, 5) is 31.4. The normalized spacial score (nSPS) is 17.7. The third-order valence-corrected chi connectivity index (χ3v) is 6.62. The molecule has 1 spiro atoms. The second-order valence-corrected chi connectivity index (χ2v) is 9.55. The third-order valence-electron chi connectivity index (χ3n) is 6.62. The number of carbonyl (C=O) groups is 2. The van der Waals surface area contributed by atoms with Gasteiger partial charge in [-0.2, -0.15) is 5.10 Å². The Hall–Kier alpha value is -2.83. The summed E-state index contributed by atoms with van der Waals surface area (Å²) in [7, 11) is 3.58. The van der Waals surface area contributed by atoms with Crippen LogP contribution in [-0.4, -0.2) is 70.1 Å². The second-order valence-electron chi connectivity index (χ2n) is 9.55. The van der Waals surface area contributed by atoms with E-state index in [9.17, 15) is 9.59 Å². The first kappa shape index (κ1) is 21.4. The highest BCUT2D eigenvalue weighted by Crippen LogP contribution is 2.42. The largest absolute Gasteiger partial charge is 0.333 e. The molecule has 1 saturated heterocycles. The summed E-state index contributed by atoms with van der Waals surface area (Å²) in [5.74, 6) is 0.0674. The van der Waals surface area contributed by atoms with Crippen LogP contribution < -0.4 is 0 Å². The Bertz CT molecular complexity index is 986. The summed E-state index contributed by atoms with van der Waals surface area (Å²) in [6, 6.07) is 8.12. The highest BCUT2D eigenvalue weighted by Gasteiger charge is 2.46. The van der Waals surface area contributed by atoms with Crippen molar-refractivity contribution in [1.82, 2.24) is 24.5 Å². The minimum absolute atomic E-state index is 0.0475. The highest BCUT2D eigenvalue weighted by molar-refractivity contribution is 5.94. The van der Waals surface area contributed by atoms with E-state index >= 15 is 0 Å². The molecule has 2 aromatic rings. The molecule has 0 aliphatic carbocycles. The van der Waals surface area contributed by atoms with Crippen LogP contribution in [0.25, 0.3) is 0 Å². The number of likely N-dealkylation sites (tertiary alicyclic amines) is 1. The van der Waals surface area contributed by atoms with Crippen LogP contribution in [0, 0.1) is 6.92 Å². The summed E-state index contributed by atoms with van der Waals surface area (Å²) >= 11 is 0. The number of hydrogen-bond donors (Lipinski definition) is 0. The number of hydrogen-bond acceptors (Lipinski definition) is 3. The molecule has 2 aliphatic rings. The van der Waals surface area contributed by atoms with Crippen LogP contribution in [0.15, 0.2) is 30.5 Å². The molecule has 1 fully saturated rings. The molecular formula is C24H33N5O2. The van der Waals surface area contributed by atoms with Gasteiger partial charge in [-0.25, -0.2) is 4.79 Å². The Morgan fingerprint density at radius 2 is 1.84 bits per heavy atom. The van der Waals surface area contributed by atoms with Crippen molar-refractivity contribution in [2.24, 2.45) is 0 Å². The molecule has 7 nitrogen and oxygen atoms in total. The van der Waals surface area contributed by atoms with Crippen molar-refractivity contribution in [2.45, 2.75) is 51.6 Å². The van der Waals surface area contributed by atoms with Crippen molar-refractivity contribution in [3.63, 3.8) is 0 Å². The number of rotatable bonds is 2. The van der Waals surface area contributed by atoms with Crippen LogP contribution in [0.5, 0.6) is 0 Å². The number of urea groups is 1. The fraction of sp³-hybridized carbons (Fsp3) is 0.542. The first-order valence-corrected chi connectivity index (χ1v) is 11.1. The third kappa shape index (κ3) is 3.93. The van der Waals surface area contributed by atoms with E-state index in [1.807, 2.05) is 45.7 Å². The average Bonchev–Trinajstić information content (AvgIpc) is 3.19. The van der Waals surface area contributed by atoms with Gasteiger partial charge in [-0.3, -0.25) is 9.48 Å². The number of amides is 3. The number of fused-ring (bicyclic) bond motifs is 2. The van der Waals surface area contributed by atoms with Gasteiger partial charge in [0.25, 0.3) is 5.91 Å². The van der Waals surface area contributed by atoms with Crippen LogP contribution in [0.1, 0.15) is 59.9 Å². The number of piperidine rings is 1. The maximum absolute atomic E-state index is 13.4. The summed E-state index contributed by atoms with van der Waals surface area (Å²) in [6.45, 7) is 8.84. The summed E-state index contributed by atoms with van der Waals surface area (Å²) < 4.78 is 2.02. The smallest absolute Gasteiger partial charge is 0.319 e. The maximum Gasteiger partial charge on any atom is 0.319 e. The SMILES string of the molecule is Cc1cccc(C(=O)N2Cc3cn(C(C)C)nc3C3(CCN(C(=O)N(C)C)CC3)C2)c1. The zero-order valence-corrected chi connectivity index (χ0v) is 19.3. The molecule has 0 bridgehead atoms. The van der Waals surface area contributed by atoms with Crippen LogP contribution in [0.4, 0.5) is 4.79 Å². The van der Waals surface area contributed by atoms with Gasteiger partial charge >= 0.3 is 6.03 Å². The molecule has 0 saturated carbocycles. The molecule has 0 radical (unpaired) electrons. The zero-order valence-electron chi connectivity index (χ0n) is 19.3. The predicted octanol–water partition coefficient (Wildman–Crippen LogP) is 3.44. The fourth-order valence-corrected chi connectivity index (χ4v) is 4.87. The lowest BCUT2D eigenvalue weighted by atomic mass is 9.72. The van der Waals surface area contributed by atoms with Gasteiger partial charge < -0.3 is 14.7 Å². The quantitative estimate of drug-likeness (QED) is 0.743. The highest BCUT2D eigenvalue weighted by atomic mass is 16.2. The van der Waals surface area contributed by atoms with E-state index in [-0.39, 0.29) is 23.4 Å². The average molecular weight is 424 g/mol. The molecule has 0 unspecified atom stereocenters. The van der Waals surface area contributed by atoms with Crippen molar-refractivity contribution >= 4 is 11.9 Å². The first-order valence-electron chi connectivity index (χ1n) is 11.1. The number of aryl methyl sites for hydroxylation is 1. The van der Waals surface area contributed by atoms with Gasteiger partial charge in [-0.15, -0.1) is 0 Å². The van der Waals surface area contributed by atoms with Crippen molar-refractivity contribution < 1.29 is 9.59 Å². The van der Waals surface area contributed by atoms with E-state index in [1.54, 1.807) is 19.0 Å². The molecule has 7 heteroatoms. The van der Waals surface area contributed by atoms with Crippen molar-refractivity contribution in [1.29, 1.82) is 0 Å². The minimum Gasteiger partial charge on any atom is -0.333 e. The molecule has 3 heterocycles. The summed E-state index contributed by atoms with van der Waals surface area (Å²) in [6.07, 6.45) is 3.73. The van der Waals surface area contributed by atoms with Gasteiger partial charge in [0.1, 0.15) is 0 Å². The van der Waals surface area contributed by atoms with Gasteiger partial charge in [-0.05, 0) is 45.7 Å². The van der Waals surface area contributed by atoms with E-state index < -0.39 is 0 Å². The molecule has 1 aromatic heterocycles. The summed E-state index contributed by atoms with van der Waals surface area (Å²) in [5.41, 5.74) is 3.85. The lowest BCUT2D eigenvalue weighted by Gasteiger charge is -2.46. The number of nitrogens with zero attached hydrogens (tertiary/aromatic N) is 5. The van der Waals surface area contributed by atoms with E-state index in [1.165, 1.54) is 0 Å². The standard InChI is InChI=1S/C24H33N5O2/c1-17(2)29-15-20-14-28(22(30)19-8-6-7-18(3)13-19)16-24(21(20)25-29)9-11-27(12-10-24)23(31)26(4)5/h6-8,13,15,17H,9-12,14,16H2,1-5H3. The van der Waals surface area contributed by atoms with Crippen LogP contribution in [0.3, 0.4) is 0 Å². The molecular weight excluding hydrogens is 390 g/mol. The van der Waals surface area contributed by atoms with Gasteiger partial charge in [-0.1, -0.05) is 17.7 Å². The number of benzene rings is 1. The number of carbonyl (C=O) groups excluding carboxylic acids is 2. The second kappa shape index (κ2) is 8.02. The molecule has 31 heavy (non-hydrogen) atoms. The van der Waals surface area contributed by atoms with E-state index in [2.05, 4.69) is 20.0 Å². The molecule has 0 N–H and O–H groups in total. The van der Waals surface area contributed by atoms with Crippen LogP contribution in [0.2, 0.25) is 0 Å². The minimum atomic E-state index is -0.212. The van der Waals surface area contributed by atoms with Gasteiger partial charge in [0.05, 0.1) is 5.69 Å². The fourth-order valence-electron chi connectivity index (χ4n) is 4.87. The molecule has 0 atom stereocenters. The Balaban J connectivity index is 1.66. The monoisotopic (exact) mass is 423 g/mol. The molecule has 2 aliphatic heterocycles. The Morgan fingerprint density at radius 1 is 1.13 bits per heavy atom. The Kier molecular flexibility index (Phi) is 5.54. The van der Waals surface area contributed by atoms with Crippen LogP contribution in [-0.2, 0) is 12.0 Å².